The summed E-state index contributed by atoms with van der Waals surface area (Å²) in [7, 11) is 0. The maximum absolute atomic E-state index is 14.2. The maximum Gasteiger partial charge on any atom is 0.238 e. The average molecular weight is 720 g/mol. The number of imide groups is 2. The third kappa shape index (κ3) is 4.44. The highest BCUT2D eigenvalue weighted by atomic mass is 79.9. The Labute approximate surface area is 270 Å². The molecule has 2 heterocycles. The molecule has 0 radical (unpaired) electrons. The van der Waals surface area contributed by atoms with Gasteiger partial charge in [0.25, 0.3) is 0 Å². The second-order valence-corrected chi connectivity index (χ2v) is 13.5. The van der Waals surface area contributed by atoms with Crippen molar-refractivity contribution in [2.45, 2.75) is 25.7 Å². The monoisotopic (exact) mass is 718 g/mol. The van der Waals surface area contributed by atoms with Crippen LogP contribution in [0.5, 0.6) is 11.5 Å². The second-order valence-electron chi connectivity index (χ2n) is 11.7. The minimum Gasteiger partial charge on any atom is -0.504 e. The molecule has 3 aromatic rings. The van der Waals surface area contributed by atoms with E-state index in [9.17, 15) is 24.3 Å². The number of hydrogen-bond donors (Lipinski definition) is 1. The van der Waals surface area contributed by atoms with Crippen LogP contribution in [0.25, 0.3) is 0 Å². The zero-order chi connectivity index (χ0) is 30.9. The highest BCUT2D eigenvalue weighted by molar-refractivity contribution is 9.10. The largest absolute Gasteiger partial charge is 0.504 e. The van der Waals surface area contributed by atoms with Crippen LogP contribution in [-0.2, 0) is 19.2 Å². The molecule has 2 saturated heterocycles. The van der Waals surface area contributed by atoms with E-state index < -0.39 is 35.5 Å². The third-order valence-corrected chi connectivity index (χ3v) is 10.5. The number of amides is 4. The number of anilines is 2. The molecule has 8 nitrogen and oxygen atoms in total. The molecule has 10 heteroatoms. The molecule has 44 heavy (non-hydrogen) atoms. The van der Waals surface area contributed by atoms with Crippen LogP contribution >= 0.6 is 31.9 Å². The minimum absolute atomic E-state index is 0.0239. The smallest absolute Gasteiger partial charge is 0.238 e. The third-order valence-electron chi connectivity index (χ3n) is 9.46. The van der Waals surface area contributed by atoms with E-state index in [2.05, 4.69) is 31.9 Å². The lowest BCUT2D eigenvalue weighted by atomic mass is 9.57. The zero-order valence-corrected chi connectivity index (χ0v) is 26.8. The van der Waals surface area contributed by atoms with E-state index >= 15 is 0 Å². The molecule has 0 bridgehead atoms. The van der Waals surface area contributed by atoms with Gasteiger partial charge in [-0.25, -0.2) is 0 Å². The summed E-state index contributed by atoms with van der Waals surface area (Å²) < 4.78 is 7.35. The summed E-state index contributed by atoms with van der Waals surface area (Å²) in [5.41, 5.74) is 2.60. The van der Waals surface area contributed by atoms with Gasteiger partial charge in [-0.3, -0.25) is 29.0 Å². The van der Waals surface area contributed by atoms with Crippen LogP contribution in [0.4, 0.5) is 11.4 Å². The van der Waals surface area contributed by atoms with E-state index in [1.807, 2.05) is 13.0 Å². The van der Waals surface area contributed by atoms with Crippen LogP contribution in [0.1, 0.15) is 31.2 Å². The van der Waals surface area contributed by atoms with Crippen molar-refractivity contribution in [3.8, 4) is 11.5 Å². The molecule has 2 aliphatic carbocycles. The number of phenolic OH excluding ortho intramolecular Hbond substituents is 1. The molecular weight excluding hydrogens is 692 g/mol. The zero-order valence-electron chi connectivity index (χ0n) is 23.7. The number of allylic oxidation sites excluding steroid dienone is 2. The Balaban J connectivity index is 1.34. The molecule has 7 rings (SSSR count). The van der Waals surface area contributed by atoms with Gasteiger partial charge in [-0.15, -0.1) is 0 Å². The molecule has 1 saturated carbocycles. The van der Waals surface area contributed by atoms with Crippen molar-refractivity contribution in [1.29, 1.82) is 0 Å². The second kappa shape index (κ2) is 11.0. The minimum atomic E-state index is -0.709. The van der Waals surface area contributed by atoms with Crippen LogP contribution in [0.2, 0.25) is 0 Å². The Morgan fingerprint density at radius 3 is 1.91 bits per heavy atom. The van der Waals surface area contributed by atoms with Crippen LogP contribution in [-0.4, -0.2) is 35.3 Å². The van der Waals surface area contributed by atoms with Gasteiger partial charge in [0.15, 0.2) is 11.5 Å². The summed E-state index contributed by atoms with van der Waals surface area (Å²) in [6.07, 6.45) is 2.66. The molecule has 4 aliphatic rings. The van der Waals surface area contributed by atoms with Crippen molar-refractivity contribution in [2.24, 2.45) is 29.6 Å². The van der Waals surface area contributed by atoms with Crippen LogP contribution < -0.4 is 14.5 Å². The number of rotatable bonds is 5. The Hall–Kier alpha value is -3.76. The highest BCUT2D eigenvalue weighted by Crippen LogP contribution is 2.59. The van der Waals surface area contributed by atoms with Crippen LogP contribution in [0.3, 0.4) is 0 Å². The number of aromatic hydroxyl groups is 1. The number of benzene rings is 3. The molecule has 3 fully saturated rings. The maximum atomic E-state index is 14.2. The molecule has 6 atom stereocenters. The molecule has 1 N–H and O–H groups in total. The fourth-order valence-corrected chi connectivity index (χ4v) is 8.18. The fourth-order valence-electron chi connectivity index (χ4n) is 7.65. The fraction of sp³-hybridized carbons (Fsp3) is 0.294. The molecule has 2 aliphatic heterocycles. The Morgan fingerprint density at radius 2 is 1.32 bits per heavy atom. The average Bonchev–Trinajstić information content (AvgIpc) is 3.42. The first-order valence-electron chi connectivity index (χ1n) is 14.6. The molecule has 4 amide bonds. The molecule has 0 spiro atoms. The first-order chi connectivity index (χ1) is 21.2. The number of carbonyl (C=O) groups excluding carboxylic acids is 4. The Bertz CT molecular complexity index is 1740. The number of carbonyl (C=O) groups is 4. The SMILES string of the molecule is CCOc1cc(C2C3=CCC4C(=O)N(c5ccc(Br)cc5)C(=O)C4C3CC3C(=O)N(c4ccc(Br)cc4)C(=O)C32)ccc1O. The van der Waals surface area contributed by atoms with Gasteiger partial charge in [-0.2, -0.15) is 0 Å². The van der Waals surface area contributed by atoms with Gasteiger partial charge >= 0.3 is 0 Å². The van der Waals surface area contributed by atoms with E-state index in [0.717, 1.165) is 20.1 Å². The lowest BCUT2D eigenvalue weighted by Crippen LogP contribution is -2.43. The van der Waals surface area contributed by atoms with E-state index in [1.165, 1.54) is 9.80 Å². The summed E-state index contributed by atoms with van der Waals surface area (Å²) in [5, 5.41) is 10.5. The quantitative estimate of drug-likeness (QED) is 0.243. The van der Waals surface area contributed by atoms with Gasteiger partial charge < -0.3 is 9.84 Å². The van der Waals surface area contributed by atoms with Crippen molar-refractivity contribution in [2.75, 3.05) is 16.4 Å². The number of phenols is 1. The number of fused-ring (bicyclic) bond motifs is 4. The van der Waals surface area contributed by atoms with Crippen LogP contribution in [0, 0.1) is 29.6 Å². The van der Waals surface area contributed by atoms with Gasteiger partial charge in [-0.1, -0.05) is 49.6 Å². The van der Waals surface area contributed by atoms with E-state index in [-0.39, 0.29) is 41.5 Å². The first-order valence-corrected chi connectivity index (χ1v) is 16.2. The van der Waals surface area contributed by atoms with Crippen molar-refractivity contribution >= 4 is 66.9 Å². The molecule has 3 aromatic carbocycles. The van der Waals surface area contributed by atoms with Crippen molar-refractivity contribution < 1.29 is 29.0 Å². The predicted molar refractivity (Wildman–Crippen MR) is 170 cm³/mol. The van der Waals surface area contributed by atoms with Gasteiger partial charge in [0.05, 0.1) is 41.7 Å². The van der Waals surface area contributed by atoms with E-state index in [1.54, 1.807) is 66.7 Å². The van der Waals surface area contributed by atoms with Crippen molar-refractivity contribution in [1.82, 2.24) is 0 Å². The topological polar surface area (TPSA) is 104 Å². The van der Waals surface area contributed by atoms with E-state index in [0.29, 0.717) is 24.4 Å². The number of ether oxygens (including phenoxy) is 1. The Morgan fingerprint density at radius 1 is 0.750 bits per heavy atom. The van der Waals surface area contributed by atoms with Gasteiger partial charge in [0, 0.05) is 14.9 Å². The van der Waals surface area contributed by atoms with Gasteiger partial charge in [0.1, 0.15) is 0 Å². The van der Waals surface area contributed by atoms with E-state index in [4.69, 9.17) is 4.74 Å². The summed E-state index contributed by atoms with van der Waals surface area (Å²) in [6.45, 7) is 2.15. The highest BCUT2D eigenvalue weighted by Gasteiger charge is 2.62. The number of halogens is 2. The number of nitrogens with zero attached hydrogens (tertiary/aromatic N) is 2. The normalized spacial score (nSPS) is 27.7. The standard InChI is InChI=1S/C34H28Br2N2O6/c1-2-44-27-15-17(3-14-26(27)39)28-22-12-13-23-29(33(42)37(31(23)40)20-8-4-18(35)5-9-20)24(22)16-25-30(28)34(43)38(32(25)41)21-10-6-19(36)7-11-21/h3-12,14-15,23-25,28-30,39H,2,13,16H2,1H3. The van der Waals surface area contributed by atoms with Gasteiger partial charge in [0.2, 0.25) is 23.6 Å². The summed E-state index contributed by atoms with van der Waals surface area (Å²) in [6, 6.07) is 19.1. The molecule has 6 unspecified atom stereocenters. The lowest BCUT2D eigenvalue weighted by Gasteiger charge is -2.44. The Kier molecular flexibility index (Phi) is 7.24. The first kappa shape index (κ1) is 29.0. The van der Waals surface area contributed by atoms with Crippen molar-refractivity contribution in [3.05, 3.63) is 92.9 Å². The van der Waals surface area contributed by atoms with Crippen LogP contribution in [0.15, 0.2) is 87.3 Å². The molecule has 224 valence electrons. The lowest BCUT2D eigenvalue weighted by molar-refractivity contribution is -0.126. The summed E-state index contributed by atoms with van der Waals surface area (Å²) in [4.78, 5) is 58.7. The molecule has 0 aromatic heterocycles. The predicted octanol–water partition coefficient (Wildman–Crippen LogP) is 6.36. The van der Waals surface area contributed by atoms with Gasteiger partial charge in [-0.05, 0) is 91.9 Å². The number of hydrogen-bond acceptors (Lipinski definition) is 6. The van der Waals surface area contributed by atoms with Crippen molar-refractivity contribution in [3.63, 3.8) is 0 Å². The summed E-state index contributed by atoms with van der Waals surface area (Å²) >= 11 is 6.83. The molecular formula is C34H28Br2N2O6. The summed E-state index contributed by atoms with van der Waals surface area (Å²) in [5.74, 6) is -4.43.